The zero-order chi connectivity index (χ0) is 26.5. The van der Waals surface area contributed by atoms with Gasteiger partial charge in [0.15, 0.2) is 0 Å². The summed E-state index contributed by atoms with van der Waals surface area (Å²) in [6.07, 6.45) is 9.66. The van der Waals surface area contributed by atoms with Gasteiger partial charge in [-0.2, -0.15) is 0 Å². The van der Waals surface area contributed by atoms with Crippen molar-refractivity contribution in [2.45, 2.75) is 63.3 Å². The first-order valence-corrected chi connectivity index (χ1v) is 13.5. The van der Waals surface area contributed by atoms with Gasteiger partial charge in [0.05, 0.1) is 0 Å². The van der Waals surface area contributed by atoms with E-state index < -0.39 is 12.0 Å². The fourth-order valence-corrected chi connectivity index (χ4v) is 5.32. The molecule has 0 bridgehead atoms. The molecule has 2 aromatic rings. The van der Waals surface area contributed by atoms with Gasteiger partial charge in [0.1, 0.15) is 6.04 Å². The Morgan fingerprint density at radius 3 is 2.49 bits per heavy atom. The van der Waals surface area contributed by atoms with E-state index in [4.69, 9.17) is 11.6 Å². The highest BCUT2D eigenvalue weighted by atomic mass is 35.5. The van der Waals surface area contributed by atoms with Gasteiger partial charge >= 0.3 is 5.97 Å². The van der Waals surface area contributed by atoms with E-state index in [1.165, 1.54) is 12.8 Å². The van der Waals surface area contributed by atoms with Gasteiger partial charge in [-0.3, -0.25) is 9.59 Å². The molecule has 1 aromatic carbocycles. The van der Waals surface area contributed by atoms with Crippen LogP contribution in [-0.2, 0) is 16.0 Å². The summed E-state index contributed by atoms with van der Waals surface area (Å²) in [6, 6.07) is 8.81. The minimum absolute atomic E-state index is 0.0139. The molecular weight excluding hydrogens is 490 g/mol. The number of nitrogens with one attached hydrogen (secondary N) is 2. The van der Waals surface area contributed by atoms with E-state index in [0.717, 1.165) is 53.6 Å². The predicted octanol–water partition coefficient (Wildman–Crippen LogP) is 4.59. The number of likely N-dealkylation sites (N-methyl/N-ethyl adjacent to an activating group) is 1. The minimum Gasteiger partial charge on any atom is -0.480 e. The Bertz CT molecular complexity index is 1230. The summed E-state index contributed by atoms with van der Waals surface area (Å²) < 4.78 is 0. The zero-order valence-corrected chi connectivity index (χ0v) is 22.3. The number of carboxylic acids is 1. The molecule has 2 saturated carbocycles. The van der Waals surface area contributed by atoms with Gasteiger partial charge in [-0.05, 0) is 81.3 Å². The molecule has 37 heavy (non-hydrogen) atoms. The molecule has 0 saturated heterocycles. The van der Waals surface area contributed by atoms with Crippen LogP contribution in [0.15, 0.2) is 41.2 Å². The second-order valence-corrected chi connectivity index (χ2v) is 11.0. The Morgan fingerprint density at radius 2 is 1.89 bits per heavy atom. The van der Waals surface area contributed by atoms with Crippen LogP contribution in [0, 0.1) is 5.92 Å². The number of carboxylic acid groups (broad SMARTS) is 1. The first-order chi connectivity index (χ1) is 17.7. The number of hydrogen-bond acceptors (Lipinski definition) is 4. The first kappa shape index (κ1) is 27.1. The molecule has 8 heteroatoms. The molecule has 1 amide bonds. The quantitative estimate of drug-likeness (QED) is 0.398. The maximum Gasteiger partial charge on any atom is 0.327 e. The van der Waals surface area contributed by atoms with Crippen LogP contribution in [0.4, 0.5) is 0 Å². The van der Waals surface area contributed by atoms with Crippen LogP contribution < -0.4 is 10.9 Å². The Labute approximate surface area is 222 Å². The Kier molecular flexibility index (Phi) is 8.87. The number of benzene rings is 1. The summed E-state index contributed by atoms with van der Waals surface area (Å²) in [7, 11) is 3.52. The lowest BCUT2D eigenvalue weighted by atomic mass is 9.94. The molecule has 3 N–H and O–H groups in total. The number of allylic oxidation sites excluding steroid dienone is 1. The van der Waals surface area contributed by atoms with Crippen molar-refractivity contribution < 1.29 is 14.7 Å². The van der Waals surface area contributed by atoms with Crippen molar-refractivity contribution in [1.29, 1.82) is 0 Å². The SMILES string of the molecule is CN(C)C[C@H](NC(=O)CCc1ccc(/C(=C\C2CCCC2)c2ccc(C3CC3)c(=O)[nH]2)cc1Cl)C(=O)O. The van der Waals surface area contributed by atoms with E-state index in [0.29, 0.717) is 23.3 Å². The molecule has 4 rings (SSSR count). The number of carbonyl (C=O) groups is 2. The van der Waals surface area contributed by atoms with Crippen molar-refractivity contribution in [1.82, 2.24) is 15.2 Å². The van der Waals surface area contributed by atoms with Crippen LogP contribution in [0.3, 0.4) is 0 Å². The number of aryl methyl sites for hydroxylation is 1. The average molecular weight is 526 g/mol. The van der Waals surface area contributed by atoms with Crippen molar-refractivity contribution in [2.75, 3.05) is 20.6 Å². The summed E-state index contributed by atoms with van der Waals surface area (Å²) in [5.74, 6) is -0.536. The van der Waals surface area contributed by atoms with Crippen molar-refractivity contribution in [3.8, 4) is 0 Å². The number of carbonyl (C=O) groups excluding carboxylic acids is 1. The van der Waals surface area contributed by atoms with Gasteiger partial charge in [0, 0.05) is 34.8 Å². The number of hydrogen-bond donors (Lipinski definition) is 3. The standard InChI is InChI=1S/C29H36ClN3O4/c1-33(2)17-26(29(36)37)31-27(34)14-11-20-9-10-21(16-24(20)30)23(15-18-5-3-4-6-18)25-13-12-22(19-7-8-19)28(35)32-25/h9-10,12-13,15-16,18-19,26H,3-8,11,14,17H2,1-2H3,(H,31,34)(H,32,35)(H,36,37)/b23-15+/t26-/m0/s1. The maximum atomic E-state index is 12.8. The van der Waals surface area contributed by atoms with Crippen molar-refractivity contribution in [3.63, 3.8) is 0 Å². The maximum absolute atomic E-state index is 12.8. The third-order valence-corrected chi connectivity index (χ3v) is 7.57. The summed E-state index contributed by atoms with van der Waals surface area (Å²) in [5.41, 5.74) is 4.37. The molecule has 0 spiro atoms. The normalized spacial score (nSPS) is 17.2. The number of rotatable bonds is 11. The second-order valence-electron chi connectivity index (χ2n) is 10.6. The van der Waals surface area contributed by atoms with E-state index in [9.17, 15) is 19.5 Å². The van der Waals surface area contributed by atoms with Gasteiger partial charge < -0.3 is 20.3 Å². The molecule has 0 aliphatic heterocycles. The van der Waals surface area contributed by atoms with Crippen LogP contribution in [-0.4, -0.2) is 53.5 Å². The third-order valence-electron chi connectivity index (χ3n) is 7.22. The van der Waals surface area contributed by atoms with Gasteiger partial charge in [-0.1, -0.05) is 48.7 Å². The van der Waals surface area contributed by atoms with E-state index in [2.05, 4.69) is 16.4 Å². The highest BCUT2D eigenvalue weighted by Crippen LogP contribution is 2.39. The number of aromatic nitrogens is 1. The molecule has 198 valence electrons. The third kappa shape index (κ3) is 7.33. The topological polar surface area (TPSA) is 103 Å². The lowest BCUT2D eigenvalue weighted by molar-refractivity contribution is -0.142. The molecule has 2 aliphatic carbocycles. The summed E-state index contributed by atoms with van der Waals surface area (Å²) >= 11 is 6.66. The zero-order valence-electron chi connectivity index (χ0n) is 21.6. The fraction of sp³-hybridized carbons (Fsp3) is 0.483. The molecular formula is C29H36ClN3O4. The average Bonchev–Trinajstić information content (AvgIpc) is 3.55. The van der Waals surface area contributed by atoms with Crippen LogP contribution in [0.25, 0.3) is 5.57 Å². The number of halogens is 1. The number of pyridine rings is 1. The van der Waals surface area contributed by atoms with E-state index in [-0.39, 0.29) is 24.4 Å². The summed E-state index contributed by atoms with van der Waals surface area (Å²) in [5, 5.41) is 12.5. The molecule has 2 aliphatic rings. The van der Waals surface area contributed by atoms with Crippen LogP contribution in [0.2, 0.25) is 5.02 Å². The second kappa shape index (κ2) is 12.1. The molecule has 1 aromatic heterocycles. The minimum atomic E-state index is -1.06. The van der Waals surface area contributed by atoms with Crippen molar-refractivity contribution in [3.05, 3.63) is 74.2 Å². The smallest absolute Gasteiger partial charge is 0.327 e. The predicted molar refractivity (Wildman–Crippen MR) is 146 cm³/mol. The molecule has 1 atom stereocenters. The lowest BCUT2D eigenvalue weighted by Crippen LogP contribution is -2.46. The number of nitrogens with zero attached hydrogens (tertiary/aromatic N) is 1. The van der Waals surface area contributed by atoms with Crippen molar-refractivity contribution in [2.24, 2.45) is 5.92 Å². The van der Waals surface area contributed by atoms with Gasteiger partial charge in [-0.15, -0.1) is 0 Å². The Morgan fingerprint density at radius 1 is 1.16 bits per heavy atom. The fourth-order valence-electron chi connectivity index (χ4n) is 5.04. The highest BCUT2D eigenvalue weighted by molar-refractivity contribution is 6.31. The van der Waals surface area contributed by atoms with E-state index in [1.807, 2.05) is 30.3 Å². The Hall–Kier alpha value is -2.90. The van der Waals surface area contributed by atoms with Crippen LogP contribution >= 0.6 is 11.6 Å². The van der Waals surface area contributed by atoms with Crippen LogP contribution in [0.5, 0.6) is 0 Å². The molecule has 7 nitrogen and oxygen atoms in total. The lowest BCUT2D eigenvalue weighted by Gasteiger charge is -2.18. The van der Waals surface area contributed by atoms with Crippen molar-refractivity contribution >= 4 is 29.1 Å². The van der Waals surface area contributed by atoms with Gasteiger partial charge in [-0.25, -0.2) is 4.79 Å². The van der Waals surface area contributed by atoms with Gasteiger partial charge in [0.2, 0.25) is 5.91 Å². The molecule has 2 fully saturated rings. The largest absolute Gasteiger partial charge is 0.480 e. The van der Waals surface area contributed by atoms with E-state index >= 15 is 0 Å². The number of H-pyrrole nitrogens is 1. The van der Waals surface area contributed by atoms with Gasteiger partial charge in [0.25, 0.3) is 5.56 Å². The molecule has 0 unspecified atom stereocenters. The molecule has 0 radical (unpaired) electrons. The Balaban J connectivity index is 1.51. The first-order valence-electron chi connectivity index (χ1n) is 13.1. The number of aliphatic carboxylic acids is 1. The molecule has 1 heterocycles. The monoisotopic (exact) mass is 525 g/mol. The van der Waals surface area contributed by atoms with Crippen LogP contribution in [0.1, 0.15) is 73.2 Å². The summed E-state index contributed by atoms with van der Waals surface area (Å²) in [6.45, 7) is 0.219. The highest BCUT2D eigenvalue weighted by Gasteiger charge is 2.26. The number of amides is 1. The van der Waals surface area contributed by atoms with E-state index in [1.54, 1.807) is 19.0 Å². The summed E-state index contributed by atoms with van der Waals surface area (Å²) in [4.78, 5) is 41.4. The number of aromatic amines is 1.